The van der Waals surface area contributed by atoms with Crippen LogP contribution in [0.5, 0.6) is 0 Å². The van der Waals surface area contributed by atoms with Gasteiger partial charge in [0.05, 0.1) is 5.75 Å². The summed E-state index contributed by atoms with van der Waals surface area (Å²) < 4.78 is 22.9. The minimum absolute atomic E-state index is 0.164. The smallest absolute Gasteiger partial charge is 0.236 e. The van der Waals surface area contributed by atoms with Crippen molar-refractivity contribution in [3.8, 4) is 0 Å². The summed E-state index contributed by atoms with van der Waals surface area (Å²) in [6.07, 6.45) is 1.77. The fraction of sp³-hybridized carbons (Fsp3) is 0.111. The Balaban J connectivity index is 2.65. The van der Waals surface area contributed by atoms with E-state index in [2.05, 4.69) is 20.9 Å². The molecule has 0 aliphatic carbocycles. The molecule has 0 fully saturated rings. The molecule has 0 radical (unpaired) electrons. The molecule has 6 heteroatoms. The largest absolute Gasteiger partial charge is 0.360 e. The average molecular weight is 309 g/mol. The number of nitrogens with one attached hydrogen (secondary N) is 1. The van der Waals surface area contributed by atoms with Gasteiger partial charge in [0.1, 0.15) is 0 Å². The number of hydrogen-bond donors (Lipinski definition) is 1. The molecule has 2 rings (SSSR count). The first kappa shape index (κ1) is 11.0. The molecule has 0 atom stereocenters. The number of H-pyrrole nitrogens is 1. The molecule has 0 saturated heterocycles. The van der Waals surface area contributed by atoms with E-state index in [1.807, 2.05) is 6.07 Å². The highest BCUT2D eigenvalue weighted by atomic mass is 79.9. The summed E-state index contributed by atoms with van der Waals surface area (Å²) in [7, 11) is 1.71. The van der Waals surface area contributed by atoms with Gasteiger partial charge in [0.2, 0.25) is 9.05 Å². The topological polar surface area (TPSA) is 49.9 Å². The van der Waals surface area contributed by atoms with Gasteiger partial charge < -0.3 is 4.98 Å². The summed E-state index contributed by atoms with van der Waals surface area (Å²) in [6.45, 7) is 0. The molecule has 0 amide bonds. The van der Waals surface area contributed by atoms with Crippen LogP contribution in [0.15, 0.2) is 28.9 Å². The minimum Gasteiger partial charge on any atom is -0.360 e. The zero-order valence-electron chi connectivity index (χ0n) is 7.50. The van der Waals surface area contributed by atoms with Crippen molar-refractivity contribution in [2.45, 2.75) is 5.75 Å². The van der Waals surface area contributed by atoms with E-state index in [4.69, 9.17) is 10.7 Å². The molecule has 15 heavy (non-hydrogen) atoms. The molecule has 1 N–H and O–H groups in total. The lowest BCUT2D eigenvalue weighted by Gasteiger charge is -2.00. The van der Waals surface area contributed by atoms with Gasteiger partial charge >= 0.3 is 0 Å². The van der Waals surface area contributed by atoms with Gasteiger partial charge in [-0.15, -0.1) is 0 Å². The fourth-order valence-corrected chi connectivity index (χ4v) is 3.07. The zero-order chi connectivity index (χ0) is 11.1. The van der Waals surface area contributed by atoms with Crippen molar-refractivity contribution in [1.29, 1.82) is 0 Å². The van der Waals surface area contributed by atoms with Gasteiger partial charge in [0, 0.05) is 32.3 Å². The predicted octanol–water partition coefficient (Wildman–Crippen LogP) is 3.00. The quantitative estimate of drug-likeness (QED) is 0.867. The third-order valence-electron chi connectivity index (χ3n) is 2.07. The number of aromatic amines is 1. The van der Waals surface area contributed by atoms with Crippen molar-refractivity contribution >= 4 is 46.6 Å². The van der Waals surface area contributed by atoms with E-state index < -0.39 is 9.05 Å². The van der Waals surface area contributed by atoms with Gasteiger partial charge in [-0.25, -0.2) is 8.42 Å². The Morgan fingerprint density at radius 1 is 1.40 bits per heavy atom. The molecule has 0 aliphatic rings. The summed E-state index contributed by atoms with van der Waals surface area (Å²) in [5, 5.41) is 0.863. The highest BCUT2D eigenvalue weighted by molar-refractivity contribution is 9.10. The van der Waals surface area contributed by atoms with Crippen LogP contribution in [0.4, 0.5) is 0 Å². The van der Waals surface area contributed by atoms with Crippen LogP contribution in [0.25, 0.3) is 10.9 Å². The second kappa shape index (κ2) is 3.81. The SMILES string of the molecule is O=S(=O)(Cl)Cc1cccc2[nH]cc(Br)c12. The average Bonchev–Trinajstić information content (AvgIpc) is 2.46. The van der Waals surface area contributed by atoms with E-state index in [1.165, 1.54) is 0 Å². The molecule has 0 spiro atoms. The van der Waals surface area contributed by atoms with Crippen molar-refractivity contribution in [3.05, 3.63) is 34.4 Å². The Hall–Kier alpha value is -0.520. The van der Waals surface area contributed by atoms with Crippen molar-refractivity contribution in [2.24, 2.45) is 0 Å². The summed E-state index contributed by atoms with van der Waals surface area (Å²) in [6, 6.07) is 5.42. The first-order chi connectivity index (χ1) is 6.97. The Labute approximate surface area is 100.0 Å². The minimum atomic E-state index is -3.53. The maximum absolute atomic E-state index is 11.0. The van der Waals surface area contributed by atoms with Crippen LogP contribution in [-0.2, 0) is 14.8 Å². The maximum Gasteiger partial charge on any atom is 0.236 e. The number of fused-ring (bicyclic) bond motifs is 1. The van der Waals surface area contributed by atoms with Gasteiger partial charge in [-0.1, -0.05) is 12.1 Å². The number of rotatable bonds is 2. The number of aromatic nitrogens is 1. The molecule has 1 heterocycles. The Bertz CT molecular complexity index is 606. The molecule has 2 aromatic rings. The van der Waals surface area contributed by atoms with Crippen LogP contribution in [0.1, 0.15) is 5.56 Å². The van der Waals surface area contributed by atoms with E-state index in [1.54, 1.807) is 18.3 Å². The molecule has 3 nitrogen and oxygen atoms in total. The van der Waals surface area contributed by atoms with Crippen LogP contribution in [-0.4, -0.2) is 13.4 Å². The molecular formula is C9H7BrClNO2S. The molecule has 1 aromatic carbocycles. The van der Waals surface area contributed by atoms with Crippen LogP contribution < -0.4 is 0 Å². The number of halogens is 2. The maximum atomic E-state index is 11.0. The predicted molar refractivity (Wildman–Crippen MR) is 64.5 cm³/mol. The van der Waals surface area contributed by atoms with Crippen molar-refractivity contribution in [2.75, 3.05) is 0 Å². The number of benzene rings is 1. The first-order valence-electron chi connectivity index (χ1n) is 4.14. The lowest BCUT2D eigenvalue weighted by Crippen LogP contribution is -1.95. The lowest BCUT2D eigenvalue weighted by molar-refractivity contribution is 0.609. The highest BCUT2D eigenvalue weighted by Crippen LogP contribution is 2.28. The third-order valence-corrected chi connectivity index (χ3v) is 3.68. The van der Waals surface area contributed by atoms with Gasteiger partial charge in [-0.3, -0.25) is 0 Å². The second-order valence-corrected chi connectivity index (χ2v) is 6.79. The number of hydrogen-bond acceptors (Lipinski definition) is 2. The summed E-state index contributed by atoms with van der Waals surface area (Å²) in [5.41, 5.74) is 1.58. The second-order valence-electron chi connectivity index (χ2n) is 3.16. The van der Waals surface area contributed by atoms with E-state index in [-0.39, 0.29) is 5.75 Å². The Morgan fingerprint density at radius 3 is 2.80 bits per heavy atom. The molecule has 80 valence electrons. The lowest BCUT2D eigenvalue weighted by atomic mass is 10.1. The van der Waals surface area contributed by atoms with Crippen molar-refractivity contribution in [3.63, 3.8) is 0 Å². The van der Waals surface area contributed by atoms with Crippen LogP contribution in [0.2, 0.25) is 0 Å². The molecule has 0 unspecified atom stereocenters. The van der Waals surface area contributed by atoms with E-state index >= 15 is 0 Å². The Kier molecular flexibility index (Phi) is 2.79. The summed E-state index contributed by atoms with van der Waals surface area (Å²) >= 11 is 3.36. The van der Waals surface area contributed by atoms with E-state index in [0.717, 1.165) is 15.4 Å². The molecular weight excluding hydrogens is 302 g/mol. The fourth-order valence-electron chi connectivity index (χ4n) is 1.52. The van der Waals surface area contributed by atoms with Crippen LogP contribution >= 0.6 is 26.6 Å². The third kappa shape index (κ3) is 2.35. The van der Waals surface area contributed by atoms with Gasteiger partial charge in [-0.05, 0) is 27.6 Å². The standard InChI is InChI=1S/C9H7BrClNO2S/c10-7-4-12-8-3-1-2-6(9(7)8)5-15(11,13)14/h1-4,12H,5H2. The first-order valence-corrected chi connectivity index (χ1v) is 7.41. The molecule has 1 aromatic heterocycles. The van der Waals surface area contributed by atoms with Gasteiger partial charge in [0.15, 0.2) is 0 Å². The van der Waals surface area contributed by atoms with E-state index in [0.29, 0.717) is 5.56 Å². The Morgan fingerprint density at radius 2 is 2.13 bits per heavy atom. The molecule has 0 bridgehead atoms. The van der Waals surface area contributed by atoms with Crippen LogP contribution in [0.3, 0.4) is 0 Å². The summed E-state index contributed by atoms with van der Waals surface area (Å²) in [5.74, 6) is -0.164. The highest BCUT2D eigenvalue weighted by Gasteiger charge is 2.12. The molecule has 0 aliphatic heterocycles. The monoisotopic (exact) mass is 307 g/mol. The van der Waals surface area contributed by atoms with Gasteiger partial charge in [0.25, 0.3) is 0 Å². The van der Waals surface area contributed by atoms with Crippen LogP contribution in [0, 0.1) is 0 Å². The van der Waals surface area contributed by atoms with Crippen molar-refractivity contribution in [1.82, 2.24) is 4.98 Å². The van der Waals surface area contributed by atoms with Gasteiger partial charge in [-0.2, -0.15) is 0 Å². The summed E-state index contributed by atoms with van der Waals surface area (Å²) in [4.78, 5) is 3.03. The zero-order valence-corrected chi connectivity index (χ0v) is 10.7. The van der Waals surface area contributed by atoms with E-state index in [9.17, 15) is 8.42 Å². The normalized spacial score (nSPS) is 12.1. The van der Waals surface area contributed by atoms with Crippen molar-refractivity contribution < 1.29 is 8.42 Å². The molecule has 0 saturated carbocycles.